The molecule has 7 rings (SSSR count). The van der Waals surface area contributed by atoms with Crippen LogP contribution in [0, 0.1) is 0 Å². The van der Waals surface area contributed by atoms with Crippen molar-refractivity contribution < 1.29 is 9.59 Å². The van der Waals surface area contributed by atoms with Gasteiger partial charge in [0.25, 0.3) is 11.8 Å². The van der Waals surface area contributed by atoms with Gasteiger partial charge >= 0.3 is 0 Å². The van der Waals surface area contributed by atoms with Gasteiger partial charge in [-0.1, -0.05) is 84.4 Å². The number of carbonyl (C=O) groups is 2. The van der Waals surface area contributed by atoms with E-state index in [2.05, 4.69) is 34.6 Å². The third-order valence-corrected chi connectivity index (χ3v) is 8.49. The second kappa shape index (κ2) is 11.8. The summed E-state index contributed by atoms with van der Waals surface area (Å²) in [6.45, 7) is 1.25. The second-order valence-corrected chi connectivity index (χ2v) is 11.3. The van der Waals surface area contributed by atoms with E-state index in [9.17, 15) is 9.59 Å². The maximum atomic E-state index is 14.2. The molecule has 216 valence electrons. The molecule has 3 heterocycles. The van der Waals surface area contributed by atoms with Gasteiger partial charge in [-0.3, -0.25) is 14.6 Å². The molecule has 2 amide bonds. The predicted octanol–water partition coefficient (Wildman–Crippen LogP) is 7.54. The van der Waals surface area contributed by atoms with Crippen LogP contribution in [0.15, 0.2) is 121 Å². The smallest absolute Gasteiger partial charge is 0.267 e. The maximum absolute atomic E-state index is 14.2. The molecule has 6 nitrogen and oxygen atoms in total. The molecule has 6 aromatic rings. The Hall–Kier alpha value is -5.20. The van der Waals surface area contributed by atoms with E-state index < -0.39 is 0 Å². The second-order valence-electron chi connectivity index (χ2n) is 10.9. The Bertz CT molecular complexity index is 2010. The molecule has 0 unspecified atom stereocenters. The Labute approximate surface area is 260 Å². The fourth-order valence-electron chi connectivity index (χ4n) is 5.96. The lowest BCUT2D eigenvalue weighted by molar-refractivity contribution is 0.0944. The lowest BCUT2D eigenvalue weighted by Gasteiger charge is -2.23. The van der Waals surface area contributed by atoms with Crippen molar-refractivity contribution in [1.29, 1.82) is 0 Å². The van der Waals surface area contributed by atoms with Crippen LogP contribution in [0.25, 0.3) is 21.9 Å². The van der Waals surface area contributed by atoms with Gasteiger partial charge in [-0.05, 0) is 69.9 Å². The number of pyridine rings is 1. The minimum atomic E-state index is -0.192. The van der Waals surface area contributed by atoms with Crippen molar-refractivity contribution >= 4 is 39.9 Å². The zero-order valence-corrected chi connectivity index (χ0v) is 24.7. The summed E-state index contributed by atoms with van der Waals surface area (Å²) >= 11 is 6.84. The number of nitrogens with one attached hydrogen (secondary N) is 1. The summed E-state index contributed by atoms with van der Waals surface area (Å²) in [4.78, 5) is 33.5. The Morgan fingerprint density at radius 3 is 2.50 bits per heavy atom. The molecular weight excluding hydrogens is 568 g/mol. The number of benzene rings is 4. The zero-order valence-electron chi connectivity index (χ0n) is 23.9. The summed E-state index contributed by atoms with van der Waals surface area (Å²) in [5, 5.41) is 5.70. The van der Waals surface area contributed by atoms with Gasteiger partial charge in [0, 0.05) is 36.2 Å². The van der Waals surface area contributed by atoms with Crippen molar-refractivity contribution in [2.45, 2.75) is 19.5 Å². The van der Waals surface area contributed by atoms with Crippen LogP contribution >= 0.6 is 11.6 Å². The first-order chi connectivity index (χ1) is 21.6. The third-order valence-electron chi connectivity index (χ3n) is 8.17. The van der Waals surface area contributed by atoms with E-state index in [0.29, 0.717) is 42.3 Å². The highest BCUT2D eigenvalue weighted by molar-refractivity contribution is 6.35. The molecule has 4 aromatic carbocycles. The van der Waals surface area contributed by atoms with E-state index >= 15 is 0 Å². The normalized spacial score (nSPS) is 12.3. The molecule has 0 aliphatic carbocycles. The summed E-state index contributed by atoms with van der Waals surface area (Å²) in [5.41, 5.74) is 6.54. The van der Waals surface area contributed by atoms with Crippen molar-refractivity contribution in [2.24, 2.45) is 0 Å². The average molecular weight is 597 g/mol. The topological polar surface area (TPSA) is 67.2 Å². The number of fused-ring (bicyclic) bond motifs is 3. The summed E-state index contributed by atoms with van der Waals surface area (Å²) in [6, 6.07) is 37.4. The molecule has 1 aliphatic rings. The molecule has 0 radical (unpaired) electrons. The third kappa shape index (κ3) is 5.25. The van der Waals surface area contributed by atoms with Gasteiger partial charge < -0.3 is 14.8 Å². The van der Waals surface area contributed by atoms with E-state index in [1.54, 1.807) is 11.1 Å². The first kappa shape index (κ1) is 27.6. The van der Waals surface area contributed by atoms with E-state index in [-0.39, 0.29) is 11.8 Å². The van der Waals surface area contributed by atoms with Gasteiger partial charge in [0.1, 0.15) is 5.69 Å². The van der Waals surface area contributed by atoms with Crippen LogP contribution in [0.5, 0.6) is 0 Å². The quantitative estimate of drug-likeness (QED) is 0.216. The van der Waals surface area contributed by atoms with E-state index in [4.69, 9.17) is 11.6 Å². The number of aromatic nitrogens is 2. The van der Waals surface area contributed by atoms with Crippen LogP contribution in [0.3, 0.4) is 0 Å². The highest BCUT2D eigenvalue weighted by Crippen LogP contribution is 2.34. The first-order valence-corrected chi connectivity index (χ1v) is 15.0. The molecule has 0 fully saturated rings. The van der Waals surface area contributed by atoms with Crippen molar-refractivity contribution in [3.05, 3.63) is 155 Å². The molecule has 0 bridgehead atoms. The SMILES string of the molecule is O=C(NCCc1ccccn1)c1ccc2n1Cc1ccccc1N(C(=O)c1ccc(-c3cccc4ccccc34)cc1Cl)C2. The van der Waals surface area contributed by atoms with Crippen molar-refractivity contribution in [1.82, 2.24) is 14.9 Å². The minimum absolute atomic E-state index is 0.156. The van der Waals surface area contributed by atoms with E-state index in [1.165, 1.54) is 0 Å². The molecule has 0 saturated heterocycles. The number of hydrogen-bond donors (Lipinski definition) is 1. The van der Waals surface area contributed by atoms with Gasteiger partial charge in [-0.2, -0.15) is 0 Å². The fraction of sp³-hybridized carbons (Fsp3) is 0.108. The Morgan fingerprint density at radius 1 is 0.818 bits per heavy atom. The number of nitrogens with zero attached hydrogens (tertiary/aromatic N) is 3. The van der Waals surface area contributed by atoms with Crippen molar-refractivity contribution in [2.75, 3.05) is 11.4 Å². The lowest BCUT2D eigenvalue weighted by Crippen LogP contribution is -2.31. The maximum Gasteiger partial charge on any atom is 0.267 e. The average Bonchev–Trinajstić information content (AvgIpc) is 3.37. The predicted molar refractivity (Wildman–Crippen MR) is 175 cm³/mol. The number of para-hydroxylation sites is 1. The molecule has 2 aromatic heterocycles. The first-order valence-electron chi connectivity index (χ1n) is 14.6. The van der Waals surface area contributed by atoms with Crippen molar-refractivity contribution in [3.63, 3.8) is 0 Å². The zero-order chi connectivity index (χ0) is 30.0. The Balaban J connectivity index is 1.17. The Kier molecular flexibility index (Phi) is 7.42. The van der Waals surface area contributed by atoms with Crippen LogP contribution in [0.4, 0.5) is 5.69 Å². The van der Waals surface area contributed by atoms with Crippen LogP contribution in [-0.2, 0) is 19.5 Å². The Morgan fingerprint density at radius 2 is 1.64 bits per heavy atom. The summed E-state index contributed by atoms with van der Waals surface area (Å²) in [7, 11) is 0. The molecule has 1 aliphatic heterocycles. The van der Waals surface area contributed by atoms with Gasteiger partial charge in [0.15, 0.2) is 0 Å². The molecule has 1 N–H and O–H groups in total. The number of halogens is 1. The monoisotopic (exact) mass is 596 g/mol. The minimum Gasteiger partial charge on any atom is -0.350 e. The van der Waals surface area contributed by atoms with Crippen LogP contribution < -0.4 is 10.2 Å². The van der Waals surface area contributed by atoms with Gasteiger partial charge in [0.2, 0.25) is 0 Å². The largest absolute Gasteiger partial charge is 0.350 e. The fourth-order valence-corrected chi connectivity index (χ4v) is 6.22. The molecule has 0 saturated carbocycles. The highest BCUT2D eigenvalue weighted by Gasteiger charge is 2.28. The molecule has 44 heavy (non-hydrogen) atoms. The van der Waals surface area contributed by atoms with Gasteiger partial charge in [-0.15, -0.1) is 0 Å². The van der Waals surface area contributed by atoms with Crippen LogP contribution in [0.2, 0.25) is 5.02 Å². The van der Waals surface area contributed by atoms with Gasteiger partial charge in [0.05, 0.1) is 23.7 Å². The summed E-state index contributed by atoms with van der Waals surface area (Å²) in [6.07, 6.45) is 2.40. The number of amides is 2. The number of carbonyl (C=O) groups excluding carboxylic acids is 2. The lowest BCUT2D eigenvalue weighted by atomic mass is 9.97. The number of rotatable bonds is 6. The van der Waals surface area contributed by atoms with Crippen molar-refractivity contribution in [3.8, 4) is 11.1 Å². The summed E-state index contributed by atoms with van der Waals surface area (Å²) < 4.78 is 1.99. The van der Waals surface area contributed by atoms with Crippen LogP contribution in [0.1, 0.15) is 37.8 Å². The number of anilines is 1. The summed E-state index contributed by atoms with van der Waals surface area (Å²) in [5.74, 6) is -0.348. The highest BCUT2D eigenvalue weighted by atomic mass is 35.5. The van der Waals surface area contributed by atoms with Crippen LogP contribution in [-0.4, -0.2) is 27.9 Å². The number of hydrogen-bond acceptors (Lipinski definition) is 3. The standard InChI is InChI=1S/C37H29ClN4O2/c38-33-22-26(31-13-7-10-25-8-1-3-12-30(25)31)15-17-32(33)37(44)42-24-29-16-18-35(41(29)23-27-9-2-4-14-34(27)42)36(43)40-21-19-28-11-5-6-20-39-28/h1-18,20,22H,19,21,23-24H2,(H,40,43). The molecular formula is C37H29ClN4O2. The van der Waals surface area contributed by atoms with E-state index in [0.717, 1.165) is 44.5 Å². The molecule has 7 heteroatoms. The van der Waals surface area contributed by atoms with E-state index in [1.807, 2.05) is 95.6 Å². The van der Waals surface area contributed by atoms with Gasteiger partial charge in [-0.25, -0.2) is 0 Å². The molecule has 0 spiro atoms. The molecule has 0 atom stereocenters.